The van der Waals surface area contributed by atoms with Crippen LogP contribution in [0.2, 0.25) is 0 Å². The maximum absolute atomic E-state index is 12.6. The fourth-order valence-corrected chi connectivity index (χ4v) is 2.43. The van der Waals surface area contributed by atoms with Gasteiger partial charge in [0.25, 0.3) is 5.91 Å². The van der Waals surface area contributed by atoms with Gasteiger partial charge in [-0.25, -0.2) is 0 Å². The average Bonchev–Trinajstić information content (AvgIpc) is 2.94. The maximum Gasteiger partial charge on any atom is 0.280 e. The standard InChI is InChI=1S/C18H18N4O3/c1-12-17(18(23)22(21-12)13-7-5-4-6-8-13)20-19-15-10-9-14(24-2)11-16(15)25-3/h4-11,17H,1-3H3/t17-/m0/s1. The number of hydrogen-bond donors (Lipinski definition) is 0. The fraction of sp³-hybridized carbons (Fsp3) is 0.222. The maximum atomic E-state index is 12.6. The molecule has 2 aromatic carbocycles. The average molecular weight is 338 g/mol. The first kappa shape index (κ1) is 16.6. The number of anilines is 1. The molecular weight excluding hydrogens is 320 g/mol. The first-order chi connectivity index (χ1) is 12.1. The smallest absolute Gasteiger partial charge is 0.280 e. The minimum Gasteiger partial charge on any atom is -0.497 e. The van der Waals surface area contributed by atoms with Crippen LogP contribution in [0.5, 0.6) is 11.5 Å². The van der Waals surface area contributed by atoms with Crippen LogP contribution in [-0.4, -0.2) is 31.9 Å². The Labute approximate surface area is 145 Å². The van der Waals surface area contributed by atoms with Crippen LogP contribution in [-0.2, 0) is 4.79 Å². The van der Waals surface area contributed by atoms with Crippen LogP contribution in [0.4, 0.5) is 11.4 Å². The summed E-state index contributed by atoms with van der Waals surface area (Å²) in [5.41, 5.74) is 1.80. The van der Waals surface area contributed by atoms with Crippen molar-refractivity contribution in [2.45, 2.75) is 13.0 Å². The van der Waals surface area contributed by atoms with E-state index in [-0.39, 0.29) is 5.91 Å². The number of hydrogen-bond acceptors (Lipinski definition) is 6. The number of amides is 1. The summed E-state index contributed by atoms with van der Waals surface area (Å²) in [7, 11) is 3.11. The van der Waals surface area contributed by atoms with Gasteiger partial charge in [0.1, 0.15) is 17.2 Å². The molecule has 0 fully saturated rings. The molecule has 3 rings (SSSR count). The Kier molecular flexibility index (Phi) is 4.74. The van der Waals surface area contributed by atoms with Crippen LogP contribution < -0.4 is 14.5 Å². The molecule has 7 nitrogen and oxygen atoms in total. The highest BCUT2D eigenvalue weighted by molar-refractivity contribution is 6.18. The zero-order valence-electron chi connectivity index (χ0n) is 14.2. The Morgan fingerprint density at radius 3 is 2.52 bits per heavy atom. The van der Waals surface area contributed by atoms with E-state index in [9.17, 15) is 4.79 Å². The summed E-state index contributed by atoms with van der Waals surface area (Å²) in [6.45, 7) is 1.76. The zero-order valence-corrected chi connectivity index (χ0v) is 14.2. The molecule has 0 aliphatic carbocycles. The molecule has 1 atom stereocenters. The molecule has 0 bridgehead atoms. The van der Waals surface area contributed by atoms with Gasteiger partial charge in [-0.05, 0) is 31.2 Å². The van der Waals surface area contributed by atoms with Gasteiger partial charge in [-0.15, -0.1) is 0 Å². The van der Waals surface area contributed by atoms with E-state index in [1.807, 2.05) is 30.3 Å². The third-order valence-corrected chi connectivity index (χ3v) is 3.76. The molecule has 0 saturated heterocycles. The van der Waals surface area contributed by atoms with E-state index < -0.39 is 6.04 Å². The van der Waals surface area contributed by atoms with Crippen LogP contribution in [0.25, 0.3) is 0 Å². The Bertz CT molecular complexity index is 833. The number of azo groups is 1. The molecule has 0 unspecified atom stereocenters. The van der Waals surface area contributed by atoms with Gasteiger partial charge in [-0.2, -0.15) is 20.3 Å². The van der Waals surface area contributed by atoms with E-state index >= 15 is 0 Å². The number of carbonyl (C=O) groups excluding carboxylic acids is 1. The van der Waals surface area contributed by atoms with Crippen molar-refractivity contribution in [3.63, 3.8) is 0 Å². The highest BCUT2D eigenvalue weighted by atomic mass is 16.5. The lowest BCUT2D eigenvalue weighted by atomic mass is 10.2. The fourth-order valence-electron chi connectivity index (χ4n) is 2.43. The summed E-state index contributed by atoms with van der Waals surface area (Å²) < 4.78 is 10.4. The van der Waals surface area contributed by atoms with Gasteiger partial charge in [0.2, 0.25) is 0 Å². The molecular formula is C18H18N4O3. The van der Waals surface area contributed by atoms with E-state index in [1.165, 1.54) is 5.01 Å². The number of nitrogens with zero attached hydrogens (tertiary/aromatic N) is 4. The molecule has 2 aromatic rings. The molecule has 1 amide bonds. The number of hydrazone groups is 1. The van der Waals surface area contributed by atoms with Crippen LogP contribution in [0.3, 0.4) is 0 Å². The van der Waals surface area contributed by atoms with Gasteiger partial charge in [0.05, 0.1) is 25.6 Å². The van der Waals surface area contributed by atoms with Crippen molar-refractivity contribution in [2.24, 2.45) is 15.3 Å². The van der Waals surface area contributed by atoms with Crippen molar-refractivity contribution in [1.82, 2.24) is 0 Å². The van der Waals surface area contributed by atoms with Gasteiger partial charge in [0.15, 0.2) is 6.04 Å². The second-order valence-corrected chi connectivity index (χ2v) is 5.38. The topological polar surface area (TPSA) is 75.9 Å². The lowest BCUT2D eigenvalue weighted by Crippen LogP contribution is -2.29. The summed E-state index contributed by atoms with van der Waals surface area (Å²) >= 11 is 0. The SMILES string of the molecule is COc1ccc(N=N[C@@H]2C(=O)N(c3ccccc3)N=C2C)c(OC)c1. The summed E-state index contributed by atoms with van der Waals surface area (Å²) in [5, 5.41) is 14.0. The summed E-state index contributed by atoms with van der Waals surface area (Å²) in [4.78, 5) is 12.6. The normalized spacial score (nSPS) is 17.1. The molecule has 0 N–H and O–H groups in total. The molecule has 0 saturated carbocycles. The number of ether oxygens (including phenoxy) is 2. The minimum absolute atomic E-state index is 0.236. The van der Waals surface area contributed by atoms with Crippen molar-refractivity contribution in [2.75, 3.05) is 19.2 Å². The lowest BCUT2D eigenvalue weighted by molar-refractivity contribution is -0.117. The Balaban J connectivity index is 1.83. The van der Waals surface area contributed by atoms with Crippen LogP contribution in [0, 0.1) is 0 Å². The van der Waals surface area contributed by atoms with Gasteiger partial charge in [0, 0.05) is 6.07 Å². The molecule has 1 aliphatic heterocycles. The third-order valence-electron chi connectivity index (χ3n) is 3.76. The molecule has 1 aliphatic rings. The van der Waals surface area contributed by atoms with Gasteiger partial charge in [-0.3, -0.25) is 4.79 Å². The quantitative estimate of drug-likeness (QED) is 0.782. The largest absolute Gasteiger partial charge is 0.497 e. The van der Waals surface area contributed by atoms with E-state index in [2.05, 4.69) is 15.3 Å². The van der Waals surface area contributed by atoms with E-state index in [0.29, 0.717) is 28.6 Å². The Morgan fingerprint density at radius 2 is 1.84 bits per heavy atom. The van der Waals surface area contributed by atoms with E-state index in [1.54, 1.807) is 39.3 Å². The Hall–Kier alpha value is -3.22. The second-order valence-electron chi connectivity index (χ2n) is 5.38. The lowest BCUT2D eigenvalue weighted by Gasteiger charge is -2.12. The third kappa shape index (κ3) is 3.35. The van der Waals surface area contributed by atoms with Crippen molar-refractivity contribution >= 4 is 23.0 Å². The first-order valence-corrected chi connectivity index (χ1v) is 7.71. The second kappa shape index (κ2) is 7.12. The predicted octanol–water partition coefficient (Wildman–Crippen LogP) is 3.58. The monoisotopic (exact) mass is 338 g/mol. The van der Waals surface area contributed by atoms with Gasteiger partial charge < -0.3 is 9.47 Å². The van der Waals surface area contributed by atoms with Crippen LogP contribution in [0.15, 0.2) is 63.9 Å². The molecule has 25 heavy (non-hydrogen) atoms. The van der Waals surface area contributed by atoms with E-state index in [0.717, 1.165) is 0 Å². The first-order valence-electron chi connectivity index (χ1n) is 7.71. The summed E-state index contributed by atoms with van der Waals surface area (Å²) in [6, 6.07) is 13.7. The molecule has 0 aromatic heterocycles. The number of methoxy groups -OCH3 is 2. The van der Waals surface area contributed by atoms with Crippen molar-refractivity contribution in [3.05, 3.63) is 48.5 Å². The van der Waals surface area contributed by atoms with Gasteiger partial charge in [-0.1, -0.05) is 18.2 Å². The summed E-state index contributed by atoms with van der Waals surface area (Å²) in [5.74, 6) is 0.934. The number of carbonyl (C=O) groups is 1. The highest BCUT2D eigenvalue weighted by Gasteiger charge is 2.34. The molecule has 0 spiro atoms. The zero-order chi connectivity index (χ0) is 17.8. The number of para-hydroxylation sites is 1. The van der Waals surface area contributed by atoms with Crippen molar-refractivity contribution in [3.8, 4) is 11.5 Å². The Morgan fingerprint density at radius 1 is 1.08 bits per heavy atom. The predicted molar refractivity (Wildman–Crippen MR) is 94.9 cm³/mol. The minimum atomic E-state index is -0.744. The summed E-state index contributed by atoms with van der Waals surface area (Å²) in [6.07, 6.45) is 0. The molecule has 0 radical (unpaired) electrons. The van der Waals surface area contributed by atoms with Crippen molar-refractivity contribution < 1.29 is 14.3 Å². The van der Waals surface area contributed by atoms with Crippen LogP contribution >= 0.6 is 0 Å². The van der Waals surface area contributed by atoms with Gasteiger partial charge >= 0.3 is 0 Å². The number of rotatable bonds is 5. The molecule has 128 valence electrons. The highest BCUT2D eigenvalue weighted by Crippen LogP contribution is 2.32. The van der Waals surface area contributed by atoms with E-state index in [4.69, 9.17) is 9.47 Å². The number of benzene rings is 2. The van der Waals surface area contributed by atoms with Crippen LogP contribution in [0.1, 0.15) is 6.92 Å². The molecule has 7 heteroatoms. The molecule has 1 heterocycles. The van der Waals surface area contributed by atoms with Crippen molar-refractivity contribution in [1.29, 1.82) is 0 Å².